The Kier molecular flexibility index (Phi) is 4.61. The molecule has 0 spiro atoms. The SMILES string of the molecule is c1ccc(-c2c3nc4ccc5cccc6ccc(c3c(-c3ccccc3)c3nc7ccc8cccc9ccc(c23)c7c89)c4c56)cc1. The van der Waals surface area contributed by atoms with Crippen molar-refractivity contribution in [3.63, 3.8) is 0 Å². The number of aromatic nitrogens is 2. The number of nitrogens with zero attached hydrogens (tertiary/aromatic N) is 2. The summed E-state index contributed by atoms with van der Waals surface area (Å²) in [5.74, 6) is 0. The Morgan fingerprint density at radius 3 is 1.09 bits per heavy atom. The summed E-state index contributed by atoms with van der Waals surface area (Å²) in [7, 11) is 0. The van der Waals surface area contributed by atoms with Crippen LogP contribution in [0.3, 0.4) is 0 Å². The molecular weight excluding hydrogens is 556 g/mol. The van der Waals surface area contributed by atoms with Gasteiger partial charge >= 0.3 is 0 Å². The summed E-state index contributed by atoms with van der Waals surface area (Å²) in [6.07, 6.45) is 0. The van der Waals surface area contributed by atoms with Gasteiger partial charge in [0.05, 0.1) is 22.1 Å². The lowest BCUT2D eigenvalue weighted by atomic mass is 9.84. The van der Waals surface area contributed by atoms with E-state index < -0.39 is 0 Å². The second-order valence-corrected chi connectivity index (χ2v) is 12.5. The summed E-state index contributed by atoms with van der Waals surface area (Å²) in [6.45, 7) is 0. The lowest BCUT2D eigenvalue weighted by Crippen LogP contribution is -1.99. The van der Waals surface area contributed by atoms with Gasteiger partial charge in [-0.1, -0.05) is 133 Å². The predicted octanol–water partition coefficient (Wildman–Crippen LogP) is 11.9. The molecule has 0 amide bonds. The highest BCUT2D eigenvalue weighted by molar-refractivity contribution is 6.37. The summed E-state index contributed by atoms with van der Waals surface area (Å²) >= 11 is 0. The van der Waals surface area contributed by atoms with E-state index >= 15 is 0 Å². The quantitative estimate of drug-likeness (QED) is 0.150. The zero-order chi connectivity index (χ0) is 29.9. The molecule has 2 heterocycles. The Hall–Kier alpha value is -6.12. The Morgan fingerprint density at radius 2 is 0.674 bits per heavy atom. The van der Waals surface area contributed by atoms with Gasteiger partial charge in [-0.25, -0.2) is 9.97 Å². The van der Waals surface area contributed by atoms with E-state index in [0.29, 0.717) is 0 Å². The minimum absolute atomic E-state index is 1.01. The van der Waals surface area contributed by atoms with E-state index in [1.165, 1.54) is 53.9 Å². The molecule has 0 aliphatic heterocycles. The zero-order valence-electron chi connectivity index (χ0n) is 24.8. The average Bonchev–Trinajstić information content (AvgIpc) is 3.12. The van der Waals surface area contributed by atoms with Gasteiger partial charge in [0.2, 0.25) is 0 Å². The molecule has 11 aromatic rings. The summed E-state index contributed by atoms with van der Waals surface area (Å²) in [5.41, 5.74) is 8.65. The van der Waals surface area contributed by atoms with Gasteiger partial charge in [-0.15, -0.1) is 0 Å². The molecule has 11 rings (SSSR count). The fourth-order valence-corrected chi connectivity index (χ4v) is 8.22. The van der Waals surface area contributed by atoms with Crippen molar-refractivity contribution in [1.29, 1.82) is 0 Å². The number of benzene rings is 9. The Bertz CT molecular complexity index is 2760. The Balaban J connectivity index is 1.50. The van der Waals surface area contributed by atoms with E-state index in [-0.39, 0.29) is 0 Å². The van der Waals surface area contributed by atoms with Crippen molar-refractivity contribution in [3.05, 3.63) is 146 Å². The van der Waals surface area contributed by atoms with E-state index in [2.05, 4.69) is 146 Å². The van der Waals surface area contributed by atoms with Crippen LogP contribution in [0.15, 0.2) is 146 Å². The molecular formula is C44H24N2. The van der Waals surface area contributed by atoms with Crippen molar-refractivity contribution in [2.75, 3.05) is 0 Å². The molecule has 0 saturated heterocycles. The second kappa shape index (κ2) is 8.74. The molecule has 2 heteroatoms. The fraction of sp³-hybridized carbons (Fsp3) is 0. The van der Waals surface area contributed by atoms with Gasteiger partial charge in [0.15, 0.2) is 0 Å². The minimum Gasteiger partial charge on any atom is -0.247 e. The molecule has 210 valence electrons. The van der Waals surface area contributed by atoms with E-state index in [1.54, 1.807) is 0 Å². The molecule has 46 heavy (non-hydrogen) atoms. The molecule has 0 radical (unpaired) electrons. The van der Waals surface area contributed by atoms with Gasteiger partial charge in [0.1, 0.15) is 0 Å². The van der Waals surface area contributed by atoms with Crippen LogP contribution in [-0.2, 0) is 0 Å². The van der Waals surface area contributed by atoms with Crippen LogP contribution in [0.1, 0.15) is 0 Å². The highest BCUT2D eigenvalue weighted by Gasteiger charge is 2.25. The molecule has 0 atom stereocenters. The van der Waals surface area contributed by atoms with Gasteiger partial charge in [-0.05, 0) is 66.3 Å². The normalized spacial score (nSPS) is 12.3. The Morgan fingerprint density at radius 1 is 0.283 bits per heavy atom. The minimum atomic E-state index is 1.01. The van der Waals surface area contributed by atoms with E-state index in [0.717, 1.165) is 55.1 Å². The van der Waals surface area contributed by atoms with E-state index in [9.17, 15) is 0 Å². The molecule has 0 aliphatic carbocycles. The molecule has 9 aromatic carbocycles. The first kappa shape index (κ1) is 24.2. The first-order valence-electron chi connectivity index (χ1n) is 15.8. The summed E-state index contributed by atoms with van der Waals surface area (Å²) in [6, 6.07) is 52.8. The summed E-state index contributed by atoms with van der Waals surface area (Å²) in [5, 5.41) is 14.7. The van der Waals surface area contributed by atoms with Crippen LogP contribution in [0.25, 0.3) is 109 Å². The maximum Gasteiger partial charge on any atom is 0.0808 e. The van der Waals surface area contributed by atoms with Crippen LogP contribution in [0, 0.1) is 0 Å². The largest absolute Gasteiger partial charge is 0.247 e. The lowest BCUT2D eigenvalue weighted by Gasteiger charge is -2.22. The first-order valence-corrected chi connectivity index (χ1v) is 15.8. The molecule has 0 bridgehead atoms. The molecule has 0 saturated carbocycles. The number of rotatable bonds is 2. The van der Waals surface area contributed by atoms with Crippen LogP contribution in [0.5, 0.6) is 0 Å². The molecule has 2 aromatic heterocycles. The van der Waals surface area contributed by atoms with Crippen molar-refractivity contribution in [3.8, 4) is 22.3 Å². The van der Waals surface area contributed by atoms with E-state index in [1.807, 2.05) is 0 Å². The molecule has 0 unspecified atom stereocenters. The van der Waals surface area contributed by atoms with Gasteiger partial charge in [0.25, 0.3) is 0 Å². The highest BCUT2D eigenvalue weighted by Crippen LogP contribution is 2.50. The predicted molar refractivity (Wildman–Crippen MR) is 195 cm³/mol. The maximum atomic E-state index is 5.62. The number of fused-ring (bicyclic) bond motifs is 4. The summed E-state index contributed by atoms with van der Waals surface area (Å²) in [4.78, 5) is 11.2. The molecule has 2 nitrogen and oxygen atoms in total. The first-order chi connectivity index (χ1) is 22.8. The third kappa shape index (κ3) is 3.05. The van der Waals surface area contributed by atoms with Crippen LogP contribution in [-0.4, -0.2) is 9.97 Å². The Labute approximate surface area is 263 Å². The highest BCUT2D eigenvalue weighted by atomic mass is 14.7. The zero-order valence-corrected chi connectivity index (χ0v) is 24.8. The van der Waals surface area contributed by atoms with Crippen LogP contribution >= 0.6 is 0 Å². The van der Waals surface area contributed by atoms with E-state index in [4.69, 9.17) is 9.97 Å². The fourth-order valence-electron chi connectivity index (χ4n) is 8.22. The maximum absolute atomic E-state index is 5.62. The van der Waals surface area contributed by atoms with Crippen molar-refractivity contribution < 1.29 is 0 Å². The van der Waals surface area contributed by atoms with Crippen molar-refractivity contribution in [2.45, 2.75) is 0 Å². The van der Waals surface area contributed by atoms with Gasteiger partial charge in [0, 0.05) is 32.7 Å². The molecule has 0 N–H and O–H groups in total. The third-order valence-electron chi connectivity index (χ3n) is 10.1. The standard InChI is InChI=1S/C44H24N2/c1-3-9-25(10-4-1)37-41-31-21-17-27-13-7-15-29-20-24-34(39(31)35(27)29)46-44(41)38(26-11-5-2-6-12-26)42-32-22-18-28-14-8-16-30-19-23-33(45-43(37)42)40(32)36(28)30/h1-24H. The van der Waals surface area contributed by atoms with Crippen LogP contribution in [0.2, 0.25) is 0 Å². The lowest BCUT2D eigenvalue weighted by molar-refractivity contribution is 1.49. The smallest absolute Gasteiger partial charge is 0.0808 e. The third-order valence-corrected chi connectivity index (χ3v) is 10.1. The monoisotopic (exact) mass is 580 g/mol. The van der Waals surface area contributed by atoms with Crippen molar-refractivity contribution >= 4 is 86.7 Å². The van der Waals surface area contributed by atoms with Crippen molar-refractivity contribution in [2.24, 2.45) is 0 Å². The van der Waals surface area contributed by atoms with Gasteiger partial charge in [-0.3, -0.25) is 0 Å². The summed E-state index contributed by atoms with van der Waals surface area (Å²) < 4.78 is 0. The van der Waals surface area contributed by atoms with Gasteiger partial charge < -0.3 is 0 Å². The van der Waals surface area contributed by atoms with Crippen LogP contribution < -0.4 is 0 Å². The molecule has 0 fully saturated rings. The average molecular weight is 581 g/mol. The van der Waals surface area contributed by atoms with Crippen molar-refractivity contribution in [1.82, 2.24) is 9.97 Å². The number of hydrogen-bond donors (Lipinski definition) is 0. The topological polar surface area (TPSA) is 25.8 Å². The van der Waals surface area contributed by atoms with Gasteiger partial charge in [-0.2, -0.15) is 0 Å². The van der Waals surface area contributed by atoms with Crippen LogP contribution in [0.4, 0.5) is 0 Å². The molecule has 0 aliphatic rings. The number of hydrogen-bond acceptors (Lipinski definition) is 2. The second-order valence-electron chi connectivity index (χ2n) is 12.5. The number of pyridine rings is 2.